The number of carbonyl (C=O) groups is 1. The van der Waals surface area contributed by atoms with E-state index < -0.39 is 10.9 Å². The molecule has 0 amide bonds. The van der Waals surface area contributed by atoms with Crippen LogP contribution in [0.2, 0.25) is 0 Å². The van der Waals surface area contributed by atoms with Crippen molar-refractivity contribution in [2.75, 3.05) is 18.5 Å². The molecule has 114 valence electrons. The van der Waals surface area contributed by atoms with Gasteiger partial charge in [0.15, 0.2) is 0 Å². The summed E-state index contributed by atoms with van der Waals surface area (Å²) in [5.74, 6) is -1.09. The van der Waals surface area contributed by atoms with Crippen molar-refractivity contribution >= 4 is 23.4 Å². The minimum Gasteiger partial charge on any atom is -0.478 e. The normalized spacial score (nSPS) is 11.6. The number of nitro groups is 1. The monoisotopic (exact) mass is 292 g/mol. The van der Waals surface area contributed by atoms with Gasteiger partial charge in [0, 0.05) is 25.7 Å². The van der Waals surface area contributed by atoms with E-state index in [4.69, 9.17) is 5.11 Å². The van der Waals surface area contributed by atoms with Crippen molar-refractivity contribution in [2.45, 2.75) is 20.8 Å². The van der Waals surface area contributed by atoms with E-state index in [-0.39, 0.29) is 11.1 Å². The number of nitro benzene ring substituents is 1. The van der Waals surface area contributed by atoms with Crippen LogP contribution in [0.4, 0.5) is 11.4 Å². The van der Waals surface area contributed by atoms with Crippen LogP contribution in [0, 0.1) is 15.5 Å². The van der Waals surface area contributed by atoms with Crippen molar-refractivity contribution in [3.63, 3.8) is 0 Å². The Morgan fingerprint density at radius 3 is 2.52 bits per heavy atom. The van der Waals surface area contributed by atoms with Gasteiger partial charge in [-0.1, -0.05) is 26.8 Å². The molecule has 21 heavy (non-hydrogen) atoms. The van der Waals surface area contributed by atoms with Gasteiger partial charge in [-0.25, -0.2) is 4.79 Å². The fraction of sp³-hybridized carbons (Fsp3) is 0.400. The molecule has 1 N–H and O–H groups in total. The molecule has 0 fully saturated rings. The van der Waals surface area contributed by atoms with Gasteiger partial charge in [-0.3, -0.25) is 10.1 Å². The molecule has 0 saturated carbocycles. The average Bonchev–Trinajstić information content (AvgIpc) is 2.33. The zero-order chi connectivity index (χ0) is 16.2. The highest BCUT2D eigenvalue weighted by Crippen LogP contribution is 2.30. The van der Waals surface area contributed by atoms with Gasteiger partial charge in [-0.15, -0.1) is 0 Å². The second-order valence-corrected chi connectivity index (χ2v) is 6.09. The molecule has 0 saturated heterocycles. The van der Waals surface area contributed by atoms with E-state index in [1.54, 1.807) is 19.2 Å². The fourth-order valence-electron chi connectivity index (χ4n) is 2.08. The molecule has 0 radical (unpaired) electrons. The van der Waals surface area contributed by atoms with Crippen molar-refractivity contribution < 1.29 is 14.8 Å². The molecule has 1 rings (SSSR count). The third kappa shape index (κ3) is 5.25. The summed E-state index contributed by atoms with van der Waals surface area (Å²) in [4.78, 5) is 23.1. The van der Waals surface area contributed by atoms with Crippen LogP contribution < -0.4 is 4.90 Å². The minimum absolute atomic E-state index is 0.00446. The van der Waals surface area contributed by atoms with Crippen LogP contribution in [-0.4, -0.2) is 29.6 Å². The first-order chi connectivity index (χ1) is 9.60. The summed E-state index contributed by atoms with van der Waals surface area (Å²) in [5.41, 5.74) is 0.971. The standard InChI is InChI=1S/C15H20N2O4/c1-15(2,3)10-16(4)12-7-5-11(6-8-14(18)19)9-13(12)17(20)21/h5-9H,10H2,1-4H3,(H,18,19). The van der Waals surface area contributed by atoms with E-state index in [0.717, 1.165) is 6.08 Å². The van der Waals surface area contributed by atoms with Crippen LogP contribution >= 0.6 is 0 Å². The van der Waals surface area contributed by atoms with Crippen molar-refractivity contribution in [2.24, 2.45) is 5.41 Å². The van der Waals surface area contributed by atoms with Crippen LogP contribution in [0.5, 0.6) is 0 Å². The molecule has 0 aromatic heterocycles. The van der Waals surface area contributed by atoms with Crippen LogP contribution in [0.25, 0.3) is 6.08 Å². The molecule has 0 heterocycles. The first-order valence-electron chi connectivity index (χ1n) is 6.51. The van der Waals surface area contributed by atoms with E-state index in [1.807, 2.05) is 4.90 Å². The molecule has 0 spiro atoms. The molecule has 1 aromatic carbocycles. The maximum atomic E-state index is 11.2. The number of benzene rings is 1. The van der Waals surface area contributed by atoms with Crippen molar-refractivity contribution in [3.05, 3.63) is 40.0 Å². The summed E-state index contributed by atoms with van der Waals surface area (Å²) in [6.45, 7) is 6.83. The SMILES string of the molecule is CN(CC(C)(C)C)c1ccc(C=CC(=O)O)cc1[N+](=O)[O-]. The van der Waals surface area contributed by atoms with Gasteiger partial charge in [0.1, 0.15) is 5.69 Å². The number of rotatable bonds is 5. The summed E-state index contributed by atoms with van der Waals surface area (Å²) in [5, 5.41) is 19.8. The van der Waals surface area contributed by atoms with Crippen LogP contribution in [0.15, 0.2) is 24.3 Å². The Bertz CT molecular complexity index is 574. The third-order valence-electron chi connectivity index (χ3n) is 2.74. The number of carboxylic acid groups (broad SMARTS) is 1. The lowest BCUT2D eigenvalue weighted by Gasteiger charge is -2.28. The smallest absolute Gasteiger partial charge is 0.328 e. The van der Waals surface area contributed by atoms with Gasteiger partial charge < -0.3 is 10.0 Å². The van der Waals surface area contributed by atoms with Crippen LogP contribution in [0.1, 0.15) is 26.3 Å². The molecular formula is C15H20N2O4. The largest absolute Gasteiger partial charge is 0.478 e. The summed E-state index contributed by atoms with van der Waals surface area (Å²) in [6, 6.07) is 4.69. The Kier molecular flexibility index (Phi) is 5.07. The highest BCUT2D eigenvalue weighted by molar-refractivity contribution is 5.85. The summed E-state index contributed by atoms with van der Waals surface area (Å²) < 4.78 is 0. The fourth-order valence-corrected chi connectivity index (χ4v) is 2.08. The minimum atomic E-state index is -1.09. The van der Waals surface area contributed by atoms with E-state index in [1.165, 1.54) is 12.1 Å². The molecule has 6 nitrogen and oxygen atoms in total. The molecule has 0 unspecified atom stereocenters. The molecule has 0 bridgehead atoms. The third-order valence-corrected chi connectivity index (χ3v) is 2.74. The first-order valence-corrected chi connectivity index (χ1v) is 6.51. The molecule has 0 aliphatic heterocycles. The Morgan fingerprint density at radius 2 is 2.05 bits per heavy atom. The Balaban J connectivity index is 3.16. The van der Waals surface area contributed by atoms with E-state index in [0.29, 0.717) is 17.8 Å². The lowest BCUT2D eigenvalue weighted by atomic mass is 9.96. The average molecular weight is 292 g/mol. The molecule has 0 atom stereocenters. The maximum absolute atomic E-state index is 11.2. The van der Waals surface area contributed by atoms with Gasteiger partial charge >= 0.3 is 5.97 Å². The van der Waals surface area contributed by atoms with Crippen molar-refractivity contribution in [1.82, 2.24) is 0 Å². The Labute approximate surface area is 123 Å². The van der Waals surface area contributed by atoms with Gasteiger partial charge in [-0.05, 0) is 23.1 Å². The number of carboxylic acids is 1. The number of hydrogen-bond acceptors (Lipinski definition) is 4. The van der Waals surface area contributed by atoms with Crippen LogP contribution in [0.3, 0.4) is 0 Å². The highest BCUT2D eigenvalue weighted by Gasteiger charge is 2.21. The highest BCUT2D eigenvalue weighted by atomic mass is 16.6. The summed E-state index contributed by atoms with van der Waals surface area (Å²) in [6.07, 6.45) is 2.29. The summed E-state index contributed by atoms with van der Waals surface area (Å²) >= 11 is 0. The molecule has 6 heteroatoms. The van der Waals surface area contributed by atoms with Gasteiger partial charge in [0.2, 0.25) is 0 Å². The molecule has 1 aromatic rings. The topological polar surface area (TPSA) is 83.7 Å². The van der Waals surface area contributed by atoms with E-state index in [2.05, 4.69) is 20.8 Å². The van der Waals surface area contributed by atoms with Gasteiger partial charge in [0.05, 0.1) is 4.92 Å². The Hall–Kier alpha value is -2.37. The Morgan fingerprint density at radius 1 is 1.43 bits per heavy atom. The molecule has 0 aliphatic rings. The zero-order valence-electron chi connectivity index (χ0n) is 12.7. The predicted molar refractivity (Wildman–Crippen MR) is 82.5 cm³/mol. The van der Waals surface area contributed by atoms with Gasteiger partial charge in [0.25, 0.3) is 5.69 Å². The number of anilines is 1. The molecular weight excluding hydrogens is 272 g/mol. The number of aliphatic carboxylic acids is 1. The second-order valence-electron chi connectivity index (χ2n) is 6.09. The van der Waals surface area contributed by atoms with E-state index in [9.17, 15) is 14.9 Å². The molecule has 0 aliphatic carbocycles. The lowest BCUT2D eigenvalue weighted by Crippen LogP contribution is -2.29. The van der Waals surface area contributed by atoms with Crippen LogP contribution in [-0.2, 0) is 4.79 Å². The lowest BCUT2D eigenvalue weighted by molar-refractivity contribution is -0.384. The summed E-state index contributed by atoms with van der Waals surface area (Å²) in [7, 11) is 1.81. The number of hydrogen-bond donors (Lipinski definition) is 1. The zero-order valence-corrected chi connectivity index (χ0v) is 12.7. The number of nitrogens with zero attached hydrogens (tertiary/aromatic N) is 2. The van der Waals surface area contributed by atoms with Crippen molar-refractivity contribution in [1.29, 1.82) is 0 Å². The first kappa shape index (κ1) is 16.7. The second kappa shape index (κ2) is 6.39. The predicted octanol–water partition coefficient (Wildman–Crippen LogP) is 3.17. The maximum Gasteiger partial charge on any atom is 0.328 e. The van der Waals surface area contributed by atoms with Gasteiger partial charge in [-0.2, -0.15) is 0 Å². The van der Waals surface area contributed by atoms with E-state index >= 15 is 0 Å². The quantitative estimate of drug-likeness (QED) is 0.512. The van der Waals surface area contributed by atoms with Crippen molar-refractivity contribution in [3.8, 4) is 0 Å².